The molecule has 1 N–H and O–H groups in total. The zero-order chi connectivity index (χ0) is 13.1. The van der Waals surface area contributed by atoms with Crippen molar-refractivity contribution in [1.82, 2.24) is 19.7 Å². The molecule has 0 aromatic carbocycles. The Morgan fingerprint density at radius 2 is 2.24 bits per heavy atom. The highest BCUT2D eigenvalue weighted by Gasteiger charge is 2.23. The van der Waals surface area contributed by atoms with Gasteiger partial charge in [0, 0.05) is 27.3 Å². The van der Waals surface area contributed by atoms with Gasteiger partial charge in [-0.2, -0.15) is 0 Å². The summed E-state index contributed by atoms with van der Waals surface area (Å²) < 4.78 is 32.7. The van der Waals surface area contributed by atoms with E-state index in [1.54, 1.807) is 7.11 Å². The highest BCUT2D eigenvalue weighted by molar-refractivity contribution is 9.10. The number of aryl methyl sites for hydroxylation is 1. The zero-order valence-electron chi connectivity index (χ0n) is 9.84. The van der Waals surface area contributed by atoms with Crippen molar-refractivity contribution in [3.8, 4) is 0 Å². The third-order valence-electron chi connectivity index (χ3n) is 2.06. The molecule has 0 aliphatic heterocycles. The molecule has 0 spiro atoms. The Bertz CT molecular complexity index is 454. The number of nitrogens with one attached hydrogen (secondary N) is 1. The smallest absolute Gasteiger partial charge is 0.260 e. The quantitative estimate of drug-likeness (QED) is 0.803. The van der Waals surface area contributed by atoms with E-state index in [1.807, 2.05) is 6.92 Å². The fourth-order valence-electron chi connectivity index (χ4n) is 1.27. The average Bonchev–Trinajstić information content (AvgIpc) is 2.57. The Morgan fingerprint density at radius 1 is 1.59 bits per heavy atom. The predicted molar refractivity (Wildman–Crippen MR) is 64.9 cm³/mol. The van der Waals surface area contributed by atoms with Crippen LogP contribution in [-0.2, 0) is 21.8 Å². The monoisotopic (exact) mass is 326 g/mol. The fraction of sp³-hybridized carbons (Fsp3) is 0.750. The molecule has 1 unspecified atom stereocenters. The number of hydrogen-bond acceptors (Lipinski definition) is 5. The first kappa shape index (κ1) is 14.6. The summed E-state index contributed by atoms with van der Waals surface area (Å²) in [6.45, 7) is 2.68. The Balaban J connectivity index is 2.76. The maximum atomic E-state index is 12.0. The van der Waals surface area contributed by atoms with E-state index < -0.39 is 10.0 Å². The van der Waals surface area contributed by atoms with Gasteiger partial charge in [-0.25, -0.2) is 17.8 Å². The van der Waals surface area contributed by atoms with Gasteiger partial charge in [0.05, 0.1) is 0 Å². The van der Waals surface area contributed by atoms with Crippen LogP contribution in [0.5, 0.6) is 0 Å². The molecule has 1 rings (SSSR count). The van der Waals surface area contributed by atoms with Crippen molar-refractivity contribution in [2.24, 2.45) is 13.0 Å². The molecule has 0 saturated heterocycles. The topological polar surface area (TPSA) is 86.1 Å². The van der Waals surface area contributed by atoms with E-state index in [1.165, 1.54) is 11.7 Å². The van der Waals surface area contributed by atoms with Crippen LogP contribution in [0.4, 0.5) is 0 Å². The summed E-state index contributed by atoms with van der Waals surface area (Å²) in [7, 11) is -0.511. The Kier molecular flexibility index (Phi) is 5.04. The van der Waals surface area contributed by atoms with E-state index in [0.717, 1.165) is 0 Å². The largest absolute Gasteiger partial charge is 0.384 e. The molecular weight excluding hydrogens is 312 g/mol. The predicted octanol–water partition coefficient (Wildman–Crippen LogP) is 0.138. The van der Waals surface area contributed by atoms with E-state index in [2.05, 4.69) is 31.0 Å². The Hall–Kier alpha value is -0.510. The van der Waals surface area contributed by atoms with Crippen LogP contribution < -0.4 is 4.72 Å². The lowest BCUT2D eigenvalue weighted by Crippen LogP contribution is -2.31. The molecular formula is C8H15BrN4O3S. The molecule has 0 fully saturated rings. The summed E-state index contributed by atoms with van der Waals surface area (Å²) in [5, 5.41) is 7.27. The van der Waals surface area contributed by atoms with Crippen molar-refractivity contribution < 1.29 is 13.2 Å². The van der Waals surface area contributed by atoms with E-state index in [4.69, 9.17) is 4.74 Å². The average molecular weight is 327 g/mol. The third-order valence-corrected chi connectivity index (χ3v) is 4.37. The summed E-state index contributed by atoms with van der Waals surface area (Å²) in [6, 6.07) is 0. The van der Waals surface area contributed by atoms with Crippen LogP contribution in [0.25, 0.3) is 0 Å². The summed E-state index contributed by atoms with van der Waals surface area (Å²) in [6.07, 6.45) is 0. The van der Waals surface area contributed by atoms with Gasteiger partial charge >= 0.3 is 0 Å². The lowest BCUT2D eigenvalue weighted by atomic mass is 10.2. The molecule has 98 valence electrons. The number of sulfonamides is 1. The van der Waals surface area contributed by atoms with Crippen LogP contribution in [-0.4, -0.2) is 43.7 Å². The zero-order valence-corrected chi connectivity index (χ0v) is 12.2. The number of halogens is 1. The maximum Gasteiger partial charge on any atom is 0.260 e. The highest BCUT2D eigenvalue weighted by Crippen LogP contribution is 2.17. The van der Waals surface area contributed by atoms with E-state index in [9.17, 15) is 8.42 Å². The second-order valence-electron chi connectivity index (χ2n) is 3.72. The van der Waals surface area contributed by atoms with Gasteiger partial charge in [0.2, 0.25) is 5.03 Å². The fourth-order valence-corrected chi connectivity index (χ4v) is 3.53. The number of hydrogen-bond donors (Lipinski definition) is 1. The van der Waals surface area contributed by atoms with Crippen LogP contribution in [0.3, 0.4) is 0 Å². The van der Waals surface area contributed by atoms with E-state index in [-0.39, 0.29) is 15.5 Å². The van der Waals surface area contributed by atoms with Gasteiger partial charge in [-0.15, -0.1) is 5.10 Å². The second-order valence-corrected chi connectivity index (χ2v) is 6.15. The van der Waals surface area contributed by atoms with Gasteiger partial charge < -0.3 is 4.74 Å². The van der Waals surface area contributed by atoms with E-state index >= 15 is 0 Å². The van der Waals surface area contributed by atoms with Crippen molar-refractivity contribution >= 4 is 26.0 Å². The molecule has 0 saturated carbocycles. The molecule has 9 heteroatoms. The van der Waals surface area contributed by atoms with Crippen LogP contribution in [0.1, 0.15) is 6.92 Å². The van der Waals surface area contributed by atoms with Gasteiger partial charge in [0.25, 0.3) is 10.0 Å². The lowest BCUT2D eigenvalue weighted by Gasteiger charge is -2.11. The first-order chi connectivity index (χ1) is 7.88. The first-order valence-electron chi connectivity index (χ1n) is 4.92. The van der Waals surface area contributed by atoms with Gasteiger partial charge in [0.15, 0.2) is 4.60 Å². The number of nitrogens with zero attached hydrogens (tertiary/aromatic N) is 3. The van der Waals surface area contributed by atoms with Gasteiger partial charge in [-0.3, -0.25) is 0 Å². The standard InChI is InChI=1S/C8H15BrN4O3S/c1-6(5-16-3)4-10-17(14,15)8-7(9)11-12-13(8)2/h6,10H,4-5H2,1-3H3. The molecule has 0 radical (unpaired) electrons. The summed E-state index contributed by atoms with van der Waals surface area (Å²) >= 11 is 3.05. The molecule has 0 bridgehead atoms. The minimum Gasteiger partial charge on any atom is -0.384 e. The molecule has 7 nitrogen and oxygen atoms in total. The molecule has 1 heterocycles. The summed E-state index contributed by atoms with van der Waals surface area (Å²) in [5.41, 5.74) is 0. The summed E-state index contributed by atoms with van der Waals surface area (Å²) in [4.78, 5) is 0. The van der Waals surface area contributed by atoms with Crippen LogP contribution in [0.15, 0.2) is 9.63 Å². The first-order valence-corrected chi connectivity index (χ1v) is 7.20. The molecule has 1 aromatic rings. The van der Waals surface area contributed by atoms with Crippen LogP contribution >= 0.6 is 15.9 Å². The summed E-state index contributed by atoms with van der Waals surface area (Å²) in [5.74, 6) is 0.0923. The normalized spacial score (nSPS) is 13.9. The van der Waals surface area contributed by atoms with Gasteiger partial charge in [0.1, 0.15) is 0 Å². The molecule has 0 amide bonds. The van der Waals surface area contributed by atoms with Crippen molar-refractivity contribution in [2.75, 3.05) is 20.3 Å². The minimum atomic E-state index is -3.61. The van der Waals surface area contributed by atoms with Gasteiger partial charge in [-0.1, -0.05) is 12.1 Å². The molecule has 1 atom stereocenters. The van der Waals surface area contributed by atoms with Crippen LogP contribution in [0, 0.1) is 5.92 Å². The molecule has 0 aliphatic rings. The number of rotatable bonds is 6. The molecule has 1 aromatic heterocycles. The highest BCUT2D eigenvalue weighted by atomic mass is 79.9. The van der Waals surface area contributed by atoms with Crippen molar-refractivity contribution in [3.63, 3.8) is 0 Å². The lowest BCUT2D eigenvalue weighted by molar-refractivity contribution is 0.161. The van der Waals surface area contributed by atoms with Gasteiger partial charge in [-0.05, 0) is 21.8 Å². The molecule has 17 heavy (non-hydrogen) atoms. The van der Waals surface area contributed by atoms with Crippen molar-refractivity contribution in [2.45, 2.75) is 11.9 Å². The number of aromatic nitrogens is 3. The Morgan fingerprint density at radius 3 is 2.71 bits per heavy atom. The number of methoxy groups -OCH3 is 1. The SMILES string of the molecule is COCC(C)CNS(=O)(=O)c1c(Br)nnn1C. The van der Waals surface area contributed by atoms with Crippen molar-refractivity contribution in [1.29, 1.82) is 0 Å². The molecule has 0 aliphatic carbocycles. The minimum absolute atomic E-state index is 0.0158. The maximum absolute atomic E-state index is 12.0. The second kappa shape index (κ2) is 5.89. The number of ether oxygens (including phenoxy) is 1. The van der Waals surface area contributed by atoms with Crippen molar-refractivity contribution in [3.05, 3.63) is 4.60 Å². The van der Waals surface area contributed by atoms with E-state index in [0.29, 0.717) is 13.2 Å². The Labute approximate surface area is 109 Å². The third kappa shape index (κ3) is 3.73. The van der Waals surface area contributed by atoms with Crippen LogP contribution in [0.2, 0.25) is 0 Å².